The number of para-hydroxylation sites is 1. The van der Waals surface area contributed by atoms with Crippen LogP contribution in [0.2, 0.25) is 0 Å². The standard InChI is InChI=1S/C29H28N6O2/c1-3-37-23-13-14-25-22(16-23)17-24(29(36)30-25)27(35-19(2)15-21-11-7-8-12-26(21)35)28-31-32-33-34(28)18-20-9-5-4-6-10-20/h4-14,16-17,19,27H,3,15,18H2,1-2H3,(H,30,36)/t19-,27+/m0/s1. The van der Waals surface area contributed by atoms with Crippen molar-refractivity contribution in [1.82, 2.24) is 25.2 Å². The van der Waals surface area contributed by atoms with Gasteiger partial charge in [-0.1, -0.05) is 48.5 Å². The number of nitrogens with zero attached hydrogens (tertiary/aromatic N) is 5. The lowest BCUT2D eigenvalue weighted by Crippen LogP contribution is -2.38. The third-order valence-electron chi connectivity index (χ3n) is 6.97. The molecule has 0 bridgehead atoms. The smallest absolute Gasteiger partial charge is 0.254 e. The van der Waals surface area contributed by atoms with Crippen LogP contribution in [0.25, 0.3) is 10.9 Å². The third kappa shape index (κ3) is 4.24. The van der Waals surface area contributed by atoms with E-state index in [0.717, 1.165) is 34.3 Å². The number of anilines is 1. The van der Waals surface area contributed by atoms with Crippen LogP contribution < -0.4 is 15.2 Å². The summed E-state index contributed by atoms with van der Waals surface area (Å²) in [7, 11) is 0. The highest BCUT2D eigenvalue weighted by Gasteiger charge is 2.37. The topological polar surface area (TPSA) is 88.9 Å². The van der Waals surface area contributed by atoms with E-state index in [-0.39, 0.29) is 11.6 Å². The fourth-order valence-corrected chi connectivity index (χ4v) is 5.33. The highest BCUT2D eigenvalue weighted by atomic mass is 16.5. The van der Waals surface area contributed by atoms with Crippen molar-refractivity contribution in [3.63, 3.8) is 0 Å². The largest absolute Gasteiger partial charge is 0.494 e. The van der Waals surface area contributed by atoms with E-state index in [1.54, 1.807) is 4.68 Å². The first kappa shape index (κ1) is 23.0. The maximum absolute atomic E-state index is 13.6. The Bertz CT molecular complexity index is 1610. The van der Waals surface area contributed by atoms with E-state index >= 15 is 0 Å². The molecule has 2 atom stereocenters. The zero-order valence-electron chi connectivity index (χ0n) is 20.8. The van der Waals surface area contributed by atoms with Crippen LogP contribution >= 0.6 is 0 Å². The molecule has 2 aromatic heterocycles. The van der Waals surface area contributed by atoms with E-state index in [4.69, 9.17) is 4.74 Å². The number of ether oxygens (including phenoxy) is 1. The Labute approximate surface area is 214 Å². The van der Waals surface area contributed by atoms with Crippen molar-refractivity contribution in [2.75, 3.05) is 11.5 Å². The van der Waals surface area contributed by atoms with Gasteiger partial charge in [0.05, 0.1) is 13.2 Å². The van der Waals surface area contributed by atoms with E-state index < -0.39 is 6.04 Å². The Morgan fingerprint density at radius 1 is 1.05 bits per heavy atom. The minimum Gasteiger partial charge on any atom is -0.494 e. The molecule has 0 amide bonds. The molecule has 0 saturated heterocycles. The van der Waals surface area contributed by atoms with E-state index in [9.17, 15) is 4.79 Å². The molecule has 1 aliphatic rings. The van der Waals surface area contributed by atoms with Gasteiger partial charge >= 0.3 is 0 Å². The number of tetrazole rings is 1. The second-order valence-electron chi connectivity index (χ2n) is 9.41. The molecule has 0 aliphatic carbocycles. The number of H-pyrrole nitrogens is 1. The second-order valence-corrected chi connectivity index (χ2v) is 9.41. The lowest BCUT2D eigenvalue weighted by Gasteiger charge is -2.33. The number of rotatable bonds is 7. The first-order valence-electron chi connectivity index (χ1n) is 12.6. The van der Waals surface area contributed by atoms with E-state index in [1.807, 2.05) is 67.6 Å². The highest BCUT2D eigenvalue weighted by molar-refractivity contribution is 5.81. The summed E-state index contributed by atoms with van der Waals surface area (Å²) in [4.78, 5) is 19.0. The number of hydrogen-bond donors (Lipinski definition) is 1. The minimum absolute atomic E-state index is 0.147. The zero-order chi connectivity index (χ0) is 25.4. The highest BCUT2D eigenvalue weighted by Crippen LogP contribution is 2.40. The summed E-state index contributed by atoms with van der Waals surface area (Å²) >= 11 is 0. The van der Waals surface area contributed by atoms with Gasteiger partial charge in [0.25, 0.3) is 5.56 Å². The molecular formula is C29H28N6O2. The normalized spacial score (nSPS) is 15.6. The summed E-state index contributed by atoms with van der Waals surface area (Å²) in [6.07, 6.45) is 0.882. The molecule has 0 spiro atoms. The number of aromatic amines is 1. The Balaban J connectivity index is 1.54. The van der Waals surface area contributed by atoms with Gasteiger partial charge in [-0.05, 0) is 72.2 Å². The predicted molar refractivity (Wildman–Crippen MR) is 143 cm³/mol. The minimum atomic E-state index is -0.485. The second kappa shape index (κ2) is 9.54. The van der Waals surface area contributed by atoms with Gasteiger partial charge in [0.2, 0.25) is 0 Å². The Kier molecular flexibility index (Phi) is 5.92. The monoisotopic (exact) mass is 492 g/mol. The molecule has 3 aromatic carbocycles. The number of nitrogens with one attached hydrogen (secondary N) is 1. The molecule has 3 heterocycles. The molecule has 0 radical (unpaired) electrons. The summed E-state index contributed by atoms with van der Waals surface area (Å²) in [5, 5.41) is 13.8. The Morgan fingerprint density at radius 2 is 1.86 bits per heavy atom. The van der Waals surface area contributed by atoms with Crippen molar-refractivity contribution in [3.05, 3.63) is 112 Å². The number of fused-ring (bicyclic) bond motifs is 2. The van der Waals surface area contributed by atoms with Crippen LogP contribution in [0, 0.1) is 0 Å². The molecule has 6 rings (SSSR count). The Morgan fingerprint density at radius 3 is 2.70 bits per heavy atom. The van der Waals surface area contributed by atoms with Crippen molar-refractivity contribution in [3.8, 4) is 5.75 Å². The van der Waals surface area contributed by atoms with Gasteiger partial charge in [-0.3, -0.25) is 4.79 Å². The molecule has 0 saturated carbocycles. The molecule has 1 aliphatic heterocycles. The number of aromatic nitrogens is 5. The molecule has 186 valence electrons. The van der Waals surface area contributed by atoms with Crippen molar-refractivity contribution in [2.24, 2.45) is 0 Å². The first-order chi connectivity index (χ1) is 18.1. The van der Waals surface area contributed by atoms with Gasteiger partial charge in [0.1, 0.15) is 11.8 Å². The molecule has 8 nitrogen and oxygen atoms in total. The van der Waals surface area contributed by atoms with Crippen LogP contribution in [-0.4, -0.2) is 37.8 Å². The van der Waals surface area contributed by atoms with Crippen molar-refractivity contribution < 1.29 is 4.74 Å². The molecule has 8 heteroatoms. The van der Waals surface area contributed by atoms with Crippen molar-refractivity contribution in [2.45, 2.75) is 38.9 Å². The maximum Gasteiger partial charge on any atom is 0.254 e. The van der Waals surface area contributed by atoms with Crippen LogP contribution in [0.4, 0.5) is 5.69 Å². The van der Waals surface area contributed by atoms with Crippen molar-refractivity contribution in [1.29, 1.82) is 0 Å². The summed E-state index contributed by atoms with van der Waals surface area (Å²) in [6.45, 7) is 5.21. The molecular weight excluding hydrogens is 464 g/mol. The molecule has 0 unspecified atom stereocenters. The molecule has 0 fully saturated rings. The van der Waals surface area contributed by atoms with Gasteiger partial charge < -0.3 is 14.6 Å². The quantitative estimate of drug-likeness (QED) is 0.360. The van der Waals surface area contributed by atoms with Gasteiger partial charge in [-0.2, -0.15) is 0 Å². The summed E-state index contributed by atoms with van der Waals surface area (Å²) in [5.41, 5.74) is 4.62. The average molecular weight is 493 g/mol. The van der Waals surface area contributed by atoms with E-state index in [1.165, 1.54) is 5.56 Å². The predicted octanol–water partition coefficient (Wildman–Crippen LogP) is 4.50. The molecule has 5 aromatic rings. The summed E-state index contributed by atoms with van der Waals surface area (Å²) in [5.74, 6) is 1.39. The van der Waals surface area contributed by atoms with Gasteiger partial charge in [-0.15, -0.1) is 5.10 Å². The average Bonchev–Trinajstić information content (AvgIpc) is 3.49. The first-order valence-corrected chi connectivity index (χ1v) is 12.6. The fourth-order valence-electron chi connectivity index (χ4n) is 5.33. The molecule has 1 N–H and O–H groups in total. The summed E-state index contributed by atoms with van der Waals surface area (Å²) in [6, 6.07) is 25.8. The van der Waals surface area contributed by atoms with Crippen LogP contribution in [0.1, 0.15) is 42.4 Å². The Hall–Kier alpha value is -4.46. The third-order valence-corrected chi connectivity index (χ3v) is 6.97. The van der Waals surface area contributed by atoms with Crippen molar-refractivity contribution >= 4 is 16.6 Å². The SMILES string of the molecule is CCOc1ccc2[nH]c(=O)c([C@H](c3nnnn3Cc3ccccc3)N3c4ccccc4C[C@@H]3C)cc2c1. The van der Waals surface area contributed by atoms with Crippen LogP contribution in [-0.2, 0) is 13.0 Å². The number of benzene rings is 3. The van der Waals surface area contributed by atoms with Gasteiger partial charge in [0.15, 0.2) is 5.82 Å². The van der Waals surface area contributed by atoms with Crippen LogP contribution in [0.15, 0.2) is 83.7 Å². The summed E-state index contributed by atoms with van der Waals surface area (Å²) < 4.78 is 7.53. The fraction of sp³-hybridized carbons (Fsp3) is 0.241. The zero-order valence-corrected chi connectivity index (χ0v) is 20.8. The van der Waals surface area contributed by atoms with Crippen LogP contribution in [0.3, 0.4) is 0 Å². The lowest BCUT2D eigenvalue weighted by atomic mass is 10.0. The number of pyridine rings is 1. The van der Waals surface area contributed by atoms with Gasteiger partial charge in [-0.25, -0.2) is 4.68 Å². The van der Waals surface area contributed by atoms with Gasteiger partial charge in [0, 0.05) is 28.2 Å². The lowest BCUT2D eigenvalue weighted by molar-refractivity contribution is 0.340. The number of hydrogen-bond acceptors (Lipinski definition) is 6. The molecule has 37 heavy (non-hydrogen) atoms. The van der Waals surface area contributed by atoms with E-state index in [2.05, 4.69) is 50.5 Å². The van der Waals surface area contributed by atoms with E-state index in [0.29, 0.717) is 24.5 Å². The maximum atomic E-state index is 13.6. The van der Waals surface area contributed by atoms with Crippen LogP contribution in [0.5, 0.6) is 5.75 Å².